The average Bonchev–Trinajstić information content (AvgIpc) is 3.19. The summed E-state index contributed by atoms with van der Waals surface area (Å²) < 4.78 is 49.7. The lowest BCUT2D eigenvalue weighted by Crippen LogP contribution is -2.68. The van der Waals surface area contributed by atoms with E-state index in [1.165, 1.54) is 0 Å². The number of hydrogen-bond donors (Lipinski definition) is 17. The highest BCUT2D eigenvalue weighted by molar-refractivity contribution is 4.99. The second kappa shape index (κ2) is 19.6. The third-order valence-corrected chi connectivity index (χ3v) is 10.3. The molecule has 26 heteroatoms. The standard InChI is InChI=1S/C30H52O26/c31-1-6-11(36)16(41)19(44)27(49-6)55-24-17(42)12(37)8(3-33)52-30(24)56-25-18(43)13(38)7(2-32)51-29(25)54-23-15(40)10(5-35)50-28(21(23)46)53-22-14(39)9(4-34)48-26(47)20(22)45/h6-47H,1-5H2/t6-,7-,8-,9-,10-,11-,12-,13-,14-,15-,16+,17+,18+,19+,20+,21+,22+,23+,24+,25+,26+,27-,28-,29-,30-/m1/s1. The van der Waals surface area contributed by atoms with Gasteiger partial charge in [0.25, 0.3) is 0 Å². The Kier molecular flexibility index (Phi) is 16.1. The van der Waals surface area contributed by atoms with Crippen LogP contribution in [0.1, 0.15) is 0 Å². The molecule has 0 aromatic carbocycles. The van der Waals surface area contributed by atoms with Gasteiger partial charge in [-0.3, -0.25) is 0 Å². The molecule has 5 heterocycles. The van der Waals surface area contributed by atoms with Crippen LogP contribution in [-0.2, 0) is 42.6 Å². The molecule has 17 N–H and O–H groups in total. The fourth-order valence-corrected chi connectivity index (χ4v) is 6.97. The largest absolute Gasteiger partial charge is 0.394 e. The molecule has 25 atom stereocenters. The van der Waals surface area contributed by atoms with E-state index in [0.29, 0.717) is 0 Å². The summed E-state index contributed by atoms with van der Waals surface area (Å²) in [6.07, 6.45) is -47.9. The SMILES string of the molecule is OC[C@H]1O[C@H](O[C@@H]2[C@@H](O[C@@H]3[C@@H](O[C@@H]4[C@H](O)[C@@H](O[C@@H]5[C@H](O)[C@@H](O)O[C@H](CO)[C@H]5O)O[C@H](CO)[C@H]4O)O[C@H](CO)[C@@H](O)[C@@H]3O)O[C@H](CO)[C@@H](O)[C@@H]2O)[C@@H](O)[C@@H](O)[C@@H]1O. The average molecular weight is 829 g/mol. The number of aliphatic hydroxyl groups excluding tert-OH is 17. The van der Waals surface area contributed by atoms with Gasteiger partial charge in [0.05, 0.1) is 33.0 Å². The van der Waals surface area contributed by atoms with Crippen molar-refractivity contribution in [1.82, 2.24) is 0 Å². The van der Waals surface area contributed by atoms with E-state index in [0.717, 1.165) is 0 Å². The lowest BCUT2D eigenvalue weighted by Gasteiger charge is -2.50. The molecule has 0 unspecified atom stereocenters. The van der Waals surface area contributed by atoms with Crippen molar-refractivity contribution in [3.8, 4) is 0 Å². The minimum atomic E-state index is -2.16. The highest BCUT2D eigenvalue weighted by Crippen LogP contribution is 2.36. The molecule has 56 heavy (non-hydrogen) atoms. The number of ether oxygens (including phenoxy) is 9. The molecule has 26 nitrogen and oxygen atoms in total. The van der Waals surface area contributed by atoms with Crippen molar-refractivity contribution >= 4 is 0 Å². The maximum absolute atomic E-state index is 11.3. The molecular formula is C30H52O26. The Hall–Kier alpha value is -1.04. The molecule has 0 aromatic heterocycles. The third-order valence-electron chi connectivity index (χ3n) is 10.3. The first-order valence-corrected chi connectivity index (χ1v) is 17.6. The Morgan fingerprint density at radius 2 is 0.571 bits per heavy atom. The van der Waals surface area contributed by atoms with Gasteiger partial charge in [-0.05, 0) is 0 Å². The summed E-state index contributed by atoms with van der Waals surface area (Å²) in [6, 6.07) is 0. The van der Waals surface area contributed by atoms with Gasteiger partial charge in [-0.2, -0.15) is 0 Å². The summed E-state index contributed by atoms with van der Waals surface area (Å²) in [5.74, 6) is 0. The molecule has 5 aliphatic rings. The lowest BCUT2D eigenvalue weighted by molar-refractivity contribution is -0.406. The minimum absolute atomic E-state index is 0.850. The Bertz CT molecular complexity index is 1210. The molecule has 5 aliphatic heterocycles. The van der Waals surface area contributed by atoms with Crippen molar-refractivity contribution in [1.29, 1.82) is 0 Å². The fraction of sp³-hybridized carbons (Fsp3) is 1.00. The van der Waals surface area contributed by atoms with Crippen LogP contribution in [0.3, 0.4) is 0 Å². The van der Waals surface area contributed by atoms with Gasteiger partial charge in [0.15, 0.2) is 31.5 Å². The zero-order valence-electron chi connectivity index (χ0n) is 29.2. The quantitative estimate of drug-likeness (QED) is 0.0819. The van der Waals surface area contributed by atoms with Crippen molar-refractivity contribution in [3.63, 3.8) is 0 Å². The fourth-order valence-electron chi connectivity index (χ4n) is 6.97. The van der Waals surface area contributed by atoms with E-state index in [-0.39, 0.29) is 0 Å². The minimum Gasteiger partial charge on any atom is -0.394 e. The zero-order chi connectivity index (χ0) is 41.3. The van der Waals surface area contributed by atoms with Crippen LogP contribution in [0.2, 0.25) is 0 Å². The second-order valence-corrected chi connectivity index (χ2v) is 13.9. The van der Waals surface area contributed by atoms with Gasteiger partial charge < -0.3 is 129 Å². The molecule has 0 bridgehead atoms. The summed E-state index contributed by atoms with van der Waals surface area (Å²) >= 11 is 0. The van der Waals surface area contributed by atoms with Gasteiger partial charge in [-0.15, -0.1) is 0 Å². The second-order valence-electron chi connectivity index (χ2n) is 13.9. The first-order valence-electron chi connectivity index (χ1n) is 17.6. The van der Waals surface area contributed by atoms with E-state index < -0.39 is 187 Å². The zero-order valence-corrected chi connectivity index (χ0v) is 29.2. The van der Waals surface area contributed by atoms with Crippen LogP contribution in [-0.4, -0.2) is 273 Å². The van der Waals surface area contributed by atoms with Crippen LogP contribution >= 0.6 is 0 Å². The van der Waals surface area contributed by atoms with E-state index in [1.54, 1.807) is 0 Å². The van der Waals surface area contributed by atoms with E-state index in [2.05, 4.69) is 0 Å². The molecule has 5 saturated heterocycles. The molecule has 0 radical (unpaired) electrons. The van der Waals surface area contributed by atoms with Crippen molar-refractivity contribution in [2.75, 3.05) is 33.0 Å². The van der Waals surface area contributed by atoms with Crippen LogP contribution < -0.4 is 0 Å². The van der Waals surface area contributed by atoms with Crippen LogP contribution in [0.4, 0.5) is 0 Å². The molecule has 328 valence electrons. The van der Waals surface area contributed by atoms with Gasteiger partial charge in [0.2, 0.25) is 0 Å². The van der Waals surface area contributed by atoms with Crippen LogP contribution in [0.25, 0.3) is 0 Å². The maximum atomic E-state index is 11.3. The molecule has 0 saturated carbocycles. The van der Waals surface area contributed by atoms with E-state index in [9.17, 15) is 86.8 Å². The molecule has 0 aliphatic carbocycles. The molecule has 5 fully saturated rings. The van der Waals surface area contributed by atoms with E-state index in [4.69, 9.17) is 42.6 Å². The van der Waals surface area contributed by atoms with Crippen LogP contribution in [0.5, 0.6) is 0 Å². The van der Waals surface area contributed by atoms with Crippen molar-refractivity contribution in [2.24, 2.45) is 0 Å². The van der Waals surface area contributed by atoms with Gasteiger partial charge in [-0.25, -0.2) is 0 Å². The summed E-state index contributed by atoms with van der Waals surface area (Å²) in [5, 5.41) is 177. The molecule has 0 aromatic rings. The summed E-state index contributed by atoms with van der Waals surface area (Å²) in [7, 11) is 0. The Balaban J connectivity index is 1.42. The Morgan fingerprint density at radius 3 is 1.02 bits per heavy atom. The highest BCUT2D eigenvalue weighted by Gasteiger charge is 2.57. The Morgan fingerprint density at radius 1 is 0.268 bits per heavy atom. The van der Waals surface area contributed by atoms with Crippen molar-refractivity contribution in [2.45, 2.75) is 154 Å². The molecule has 0 spiro atoms. The van der Waals surface area contributed by atoms with Crippen LogP contribution in [0, 0.1) is 0 Å². The van der Waals surface area contributed by atoms with Gasteiger partial charge >= 0.3 is 0 Å². The van der Waals surface area contributed by atoms with E-state index >= 15 is 0 Å². The topological polar surface area (TPSA) is 427 Å². The first kappa shape index (κ1) is 46.0. The van der Waals surface area contributed by atoms with Gasteiger partial charge in [0, 0.05) is 0 Å². The third kappa shape index (κ3) is 9.16. The van der Waals surface area contributed by atoms with Gasteiger partial charge in [-0.1, -0.05) is 0 Å². The molecule has 0 amide bonds. The van der Waals surface area contributed by atoms with Crippen molar-refractivity contribution < 1.29 is 129 Å². The number of hydrogen-bond acceptors (Lipinski definition) is 26. The number of rotatable bonds is 13. The van der Waals surface area contributed by atoms with Crippen LogP contribution in [0.15, 0.2) is 0 Å². The van der Waals surface area contributed by atoms with E-state index in [1.807, 2.05) is 0 Å². The highest BCUT2D eigenvalue weighted by atomic mass is 16.8. The summed E-state index contributed by atoms with van der Waals surface area (Å²) in [5.41, 5.74) is 0. The predicted molar refractivity (Wildman–Crippen MR) is 167 cm³/mol. The van der Waals surface area contributed by atoms with Crippen molar-refractivity contribution in [3.05, 3.63) is 0 Å². The maximum Gasteiger partial charge on any atom is 0.187 e. The van der Waals surface area contributed by atoms with Gasteiger partial charge in [0.1, 0.15) is 122 Å². The molecular weight excluding hydrogens is 776 g/mol. The lowest BCUT2D eigenvalue weighted by atomic mass is 9.95. The normalized spacial score (nSPS) is 53.2. The predicted octanol–water partition coefficient (Wildman–Crippen LogP) is -11.9. The first-order chi connectivity index (χ1) is 26.5. The molecule has 5 rings (SSSR count). The number of aliphatic hydroxyl groups is 17. The summed E-state index contributed by atoms with van der Waals surface area (Å²) in [4.78, 5) is 0. The summed E-state index contributed by atoms with van der Waals surface area (Å²) in [6.45, 7) is -4.64. The Labute approximate surface area is 316 Å². The monoisotopic (exact) mass is 828 g/mol. The smallest absolute Gasteiger partial charge is 0.187 e.